The van der Waals surface area contributed by atoms with E-state index in [1.54, 1.807) is 29.2 Å². The molecule has 8 heteroatoms. The lowest BCUT2D eigenvalue weighted by atomic mass is 10.1. The van der Waals surface area contributed by atoms with Gasteiger partial charge in [-0.15, -0.1) is 0 Å². The first kappa shape index (κ1) is 17.7. The molecule has 2 aromatic rings. The number of nitrogens with one attached hydrogen (secondary N) is 2. The van der Waals surface area contributed by atoms with Crippen LogP contribution in [0.2, 0.25) is 0 Å². The Balaban J connectivity index is 1.76. The molecule has 0 saturated heterocycles. The Morgan fingerprint density at radius 3 is 2.58 bits per heavy atom. The highest BCUT2D eigenvalue weighted by Crippen LogP contribution is 2.33. The molecule has 1 aliphatic rings. The monoisotopic (exact) mass is 361 g/mol. The number of para-hydroxylation sites is 2. The Morgan fingerprint density at radius 1 is 1.19 bits per heavy atom. The Labute approximate surface area is 148 Å². The summed E-state index contributed by atoms with van der Waals surface area (Å²) in [5, 5.41) is 4.97. The molecule has 1 atom stereocenters. The Bertz CT molecular complexity index is 824. The molecule has 2 amide bonds. The predicted molar refractivity (Wildman–Crippen MR) is 92.1 cm³/mol. The highest BCUT2D eigenvalue weighted by molar-refractivity contribution is 5.95. The number of likely N-dealkylation sites (N-methyl/N-ethyl adjacent to an activating group) is 1. The van der Waals surface area contributed by atoms with E-state index in [0.717, 1.165) is 18.2 Å². The van der Waals surface area contributed by atoms with Crippen LogP contribution in [0.1, 0.15) is 0 Å². The van der Waals surface area contributed by atoms with Crippen molar-refractivity contribution < 1.29 is 23.1 Å². The Morgan fingerprint density at radius 2 is 1.88 bits per heavy atom. The molecule has 2 aromatic carbocycles. The normalized spacial score (nSPS) is 15.7. The van der Waals surface area contributed by atoms with Crippen LogP contribution in [-0.2, 0) is 9.59 Å². The highest BCUT2D eigenvalue weighted by atomic mass is 19.1. The number of fused-ring (bicyclic) bond motifs is 1. The summed E-state index contributed by atoms with van der Waals surface area (Å²) in [4.78, 5) is 25.9. The molecular formula is C18H17F2N3O3. The molecule has 0 bridgehead atoms. The van der Waals surface area contributed by atoms with Crippen LogP contribution in [0.4, 0.5) is 20.2 Å². The summed E-state index contributed by atoms with van der Waals surface area (Å²) in [6.07, 6.45) is -0.769. The number of amides is 2. The molecule has 3 rings (SSSR count). The molecule has 0 radical (unpaired) electrons. The second-order valence-corrected chi connectivity index (χ2v) is 5.78. The third kappa shape index (κ3) is 3.90. The largest absolute Gasteiger partial charge is 0.477 e. The van der Waals surface area contributed by atoms with E-state index in [1.165, 1.54) is 7.05 Å². The van der Waals surface area contributed by atoms with Crippen LogP contribution >= 0.6 is 0 Å². The number of carbonyl (C=O) groups excluding carboxylic acids is 2. The average molecular weight is 361 g/mol. The number of halogens is 2. The van der Waals surface area contributed by atoms with Crippen LogP contribution in [0.15, 0.2) is 42.5 Å². The van der Waals surface area contributed by atoms with E-state index in [4.69, 9.17) is 4.74 Å². The zero-order valence-electron chi connectivity index (χ0n) is 14.0. The number of hydrogen-bond acceptors (Lipinski definition) is 4. The summed E-state index contributed by atoms with van der Waals surface area (Å²) in [7, 11) is 1.50. The van der Waals surface area contributed by atoms with Gasteiger partial charge in [-0.1, -0.05) is 12.1 Å². The van der Waals surface area contributed by atoms with E-state index in [1.807, 2.05) is 0 Å². The van der Waals surface area contributed by atoms with E-state index in [9.17, 15) is 18.4 Å². The van der Waals surface area contributed by atoms with Gasteiger partial charge in [0.25, 0.3) is 5.91 Å². The molecule has 0 spiro atoms. The van der Waals surface area contributed by atoms with Crippen molar-refractivity contribution in [3.63, 3.8) is 0 Å². The minimum Gasteiger partial charge on any atom is -0.477 e. The van der Waals surface area contributed by atoms with Crippen molar-refractivity contribution in [3.8, 4) is 5.75 Å². The van der Waals surface area contributed by atoms with Crippen LogP contribution < -0.4 is 20.3 Å². The van der Waals surface area contributed by atoms with E-state index >= 15 is 0 Å². The maximum absolute atomic E-state index is 13.3. The third-order valence-electron chi connectivity index (χ3n) is 3.88. The fourth-order valence-corrected chi connectivity index (χ4v) is 2.75. The molecule has 0 aliphatic carbocycles. The summed E-state index contributed by atoms with van der Waals surface area (Å²) in [5.74, 6) is -1.86. The van der Waals surface area contributed by atoms with E-state index in [0.29, 0.717) is 11.4 Å². The van der Waals surface area contributed by atoms with Crippen molar-refractivity contribution in [2.45, 2.75) is 6.10 Å². The van der Waals surface area contributed by atoms with Gasteiger partial charge in [-0.2, -0.15) is 0 Å². The first-order chi connectivity index (χ1) is 12.5. The van der Waals surface area contributed by atoms with Gasteiger partial charge in [0, 0.05) is 18.8 Å². The minimum atomic E-state index is -0.781. The van der Waals surface area contributed by atoms with E-state index in [-0.39, 0.29) is 24.7 Å². The van der Waals surface area contributed by atoms with Gasteiger partial charge in [0.05, 0.1) is 18.8 Å². The van der Waals surface area contributed by atoms with Crippen LogP contribution in [0.5, 0.6) is 5.75 Å². The third-order valence-corrected chi connectivity index (χ3v) is 3.88. The Hall–Kier alpha value is -3.16. The fourth-order valence-electron chi connectivity index (χ4n) is 2.75. The maximum Gasteiger partial charge on any atom is 0.262 e. The molecule has 26 heavy (non-hydrogen) atoms. The first-order valence-electron chi connectivity index (χ1n) is 7.94. The number of carbonyl (C=O) groups is 2. The lowest BCUT2D eigenvalue weighted by Gasteiger charge is -2.34. The van der Waals surface area contributed by atoms with Crippen LogP contribution in [0.3, 0.4) is 0 Å². The standard InChI is InChI=1S/C18H17F2N3O3/c1-21-18(25)16-9-23(14-4-2-3-5-15(14)26-16)10-17(24)22-13-7-11(19)6-12(20)8-13/h2-8,16H,9-10H2,1H3,(H,21,25)(H,22,24)/t16-/m1/s1. The topological polar surface area (TPSA) is 70.7 Å². The van der Waals surface area contributed by atoms with Gasteiger partial charge in [-0.25, -0.2) is 8.78 Å². The maximum atomic E-state index is 13.3. The predicted octanol–water partition coefficient (Wildman–Crippen LogP) is 1.92. The van der Waals surface area contributed by atoms with Gasteiger partial charge in [0.15, 0.2) is 6.10 Å². The molecule has 6 nitrogen and oxygen atoms in total. The van der Waals surface area contributed by atoms with Crippen molar-refractivity contribution >= 4 is 23.2 Å². The van der Waals surface area contributed by atoms with Crippen LogP contribution in [0.25, 0.3) is 0 Å². The van der Waals surface area contributed by atoms with E-state index in [2.05, 4.69) is 10.6 Å². The molecule has 2 N–H and O–H groups in total. The Kier molecular flexibility index (Phi) is 5.01. The number of benzene rings is 2. The van der Waals surface area contributed by atoms with Crippen molar-refractivity contribution in [1.82, 2.24) is 5.32 Å². The first-order valence-corrected chi connectivity index (χ1v) is 7.94. The number of anilines is 2. The summed E-state index contributed by atoms with van der Waals surface area (Å²) in [6.45, 7) is 0.0631. The van der Waals surface area contributed by atoms with Gasteiger partial charge >= 0.3 is 0 Å². The van der Waals surface area contributed by atoms with Crippen molar-refractivity contribution in [2.24, 2.45) is 0 Å². The number of ether oxygens (including phenoxy) is 1. The summed E-state index contributed by atoms with van der Waals surface area (Å²) in [5.41, 5.74) is 0.685. The molecule has 0 fully saturated rings. The zero-order valence-corrected chi connectivity index (χ0v) is 14.0. The fraction of sp³-hybridized carbons (Fsp3) is 0.222. The molecule has 0 unspecified atom stereocenters. The van der Waals surface area contributed by atoms with Gasteiger partial charge < -0.3 is 20.3 Å². The average Bonchev–Trinajstić information content (AvgIpc) is 2.59. The van der Waals surface area contributed by atoms with Crippen LogP contribution in [-0.4, -0.2) is 38.1 Å². The molecule has 136 valence electrons. The van der Waals surface area contributed by atoms with Crippen molar-refractivity contribution in [2.75, 3.05) is 30.4 Å². The van der Waals surface area contributed by atoms with Crippen molar-refractivity contribution in [3.05, 3.63) is 54.1 Å². The number of rotatable bonds is 4. The second-order valence-electron chi connectivity index (χ2n) is 5.78. The lowest BCUT2D eigenvalue weighted by Crippen LogP contribution is -2.50. The molecular weight excluding hydrogens is 344 g/mol. The zero-order chi connectivity index (χ0) is 18.7. The minimum absolute atomic E-state index is 0.0249. The second kappa shape index (κ2) is 7.38. The van der Waals surface area contributed by atoms with Gasteiger partial charge in [-0.3, -0.25) is 9.59 Å². The number of hydrogen-bond donors (Lipinski definition) is 2. The SMILES string of the molecule is CNC(=O)[C@H]1CN(CC(=O)Nc2cc(F)cc(F)c2)c2ccccc2O1. The van der Waals surface area contributed by atoms with Gasteiger partial charge in [0.2, 0.25) is 5.91 Å². The lowest BCUT2D eigenvalue weighted by molar-refractivity contribution is -0.127. The van der Waals surface area contributed by atoms with Gasteiger partial charge in [-0.05, 0) is 24.3 Å². The highest BCUT2D eigenvalue weighted by Gasteiger charge is 2.31. The summed E-state index contributed by atoms with van der Waals surface area (Å²) < 4.78 is 32.2. The van der Waals surface area contributed by atoms with Gasteiger partial charge in [0.1, 0.15) is 17.4 Å². The van der Waals surface area contributed by atoms with Crippen LogP contribution in [0, 0.1) is 11.6 Å². The quantitative estimate of drug-likeness (QED) is 0.873. The van der Waals surface area contributed by atoms with E-state index < -0.39 is 23.6 Å². The smallest absolute Gasteiger partial charge is 0.262 e. The number of nitrogens with zero attached hydrogens (tertiary/aromatic N) is 1. The summed E-state index contributed by atoms with van der Waals surface area (Å²) in [6, 6.07) is 9.81. The molecule has 0 aromatic heterocycles. The molecule has 1 heterocycles. The van der Waals surface area contributed by atoms with Crippen molar-refractivity contribution in [1.29, 1.82) is 0 Å². The summed E-state index contributed by atoms with van der Waals surface area (Å²) >= 11 is 0. The molecule has 1 aliphatic heterocycles. The molecule has 0 saturated carbocycles.